The van der Waals surface area contributed by atoms with Gasteiger partial charge in [-0.05, 0) is 72.3 Å². The van der Waals surface area contributed by atoms with Gasteiger partial charge in [-0.3, -0.25) is 14.7 Å². The number of hydrogen-bond acceptors (Lipinski definition) is 8. The first-order valence-electron chi connectivity index (χ1n) is 15.3. The van der Waals surface area contributed by atoms with Crippen LogP contribution >= 0.6 is 11.9 Å². The van der Waals surface area contributed by atoms with Gasteiger partial charge < -0.3 is 19.6 Å². The first-order valence-corrected chi connectivity index (χ1v) is 16.5. The zero-order valence-electron chi connectivity index (χ0n) is 29.1. The highest BCUT2D eigenvalue weighted by Crippen LogP contribution is 2.39. The third-order valence-corrected chi connectivity index (χ3v) is 7.58. The van der Waals surface area contributed by atoms with Crippen molar-refractivity contribution < 1.29 is 14.3 Å². The number of anilines is 1. The summed E-state index contributed by atoms with van der Waals surface area (Å²) in [5.74, 6) is -0.0775. The van der Waals surface area contributed by atoms with E-state index >= 15 is 0 Å². The van der Waals surface area contributed by atoms with Gasteiger partial charge in [-0.15, -0.1) is 0 Å². The van der Waals surface area contributed by atoms with Crippen molar-refractivity contribution in [2.24, 2.45) is 0 Å². The molecule has 1 aromatic carbocycles. The molecular weight excluding hydrogens is 561 g/mol. The van der Waals surface area contributed by atoms with Crippen LogP contribution in [0, 0.1) is 6.92 Å². The predicted molar refractivity (Wildman–Crippen MR) is 190 cm³/mol. The summed E-state index contributed by atoms with van der Waals surface area (Å²) in [6, 6.07) is 4.44. The van der Waals surface area contributed by atoms with Gasteiger partial charge in [0.15, 0.2) is 12.0 Å². The smallest absolute Gasteiger partial charge is 0.154 e. The van der Waals surface area contributed by atoms with E-state index in [0.717, 1.165) is 35.6 Å². The number of allylic oxidation sites excluding steroid dienone is 2. The molecule has 0 aliphatic carbocycles. The third kappa shape index (κ3) is 15.7. The molecule has 7 nitrogen and oxygen atoms in total. The van der Waals surface area contributed by atoms with E-state index in [2.05, 4.69) is 54.5 Å². The van der Waals surface area contributed by atoms with Crippen LogP contribution in [0.2, 0.25) is 0 Å². The fourth-order valence-electron chi connectivity index (χ4n) is 3.98. The molecule has 1 saturated heterocycles. The lowest BCUT2D eigenvalue weighted by Crippen LogP contribution is -2.47. The number of benzene rings is 1. The van der Waals surface area contributed by atoms with E-state index in [0.29, 0.717) is 23.8 Å². The monoisotopic (exact) mass is 621 g/mol. The van der Waals surface area contributed by atoms with Crippen molar-refractivity contribution in [1.82, 2.24) is 20.1 Å². The number of rotatable bonds is 8. The number of hydrogen-bond donors (Lipinski definition) is 2. The normalized spacial score (nSPS) is 13.3. The van der Waals surface area contributed by atoms with Gasteiger partial charge >= 0.3 is 0 Å². The highest BCUT2D eigenvalue weighted by Gasteiger charge is 2.19. The van der Waals surface area contributed by atoms with Gasteiger partial charge in [-0.25, -0.2) is 4.39 Å². The molecule has 2 heterocycles. The molecule has 1 aliphatic heterocycles. The number of phenolic OH excluding ortho intramolecular Hbond substituents is 1. The molecule has 3 rings (SSSR count). The van der Waals surface area contributed by atoms with Gasteiger partial charge in [0.2, 0.25) is 0 Å². The Hall–Kier alpha value is -2.46. The Kier molecular flexibility index (Phi) is 24.7. The summed E-state index contributed by atoms with van der Waals surface area (Å²) in [5.41, 5.74) is 3.70. The Morgan fingerprint density at radius 3 is 2.19 bits per heavy atom. The molecule has 43 heavy (non-hydrogen) atoms. The standard InChI is InChI=1S/C13H14N2O2S.C8H18N2.C6H13N.C5H9F.C2H6/c1-8-10(7-16)13(17)11-9(5-4-6-14-11)12(8)15(2)18-3;1-8(2)10-6-4-9(3)5-7-10;1-4-6(2)5-7-3;1-3-5(6)4-2;1-2/h4-7,17H,1-3H3;8H,4-7H2,1-3H3;7H,2,4-5H2,1,3H3;3H,4H2,1-2H3;1-2H3/b;;;5-3+;. The Morgan fingerprint density at radius 1 is 1.23 bits per heavy atom. The molecule has 2 aromatic rings. The second kappa shape index (κ2) is 24.9. The number of aldehydes is 1. The Bertz CT molecular complexity index is 1090. The van der Waals surface area contributed by atoms with Crippen LogP contribution < -0.4 is 9.62 Å². The van der Waals surface area contributed by atoms with Crippen LogP contribution in [0.5, 0.6) is 5.75 Å². The summed E-state index contributed by atoms with van der Waals surface area (Å²) in [6.45, 7) is 25.7. The highest BCUT2D eigenvalue weighted by atomic mass is 32.2. The molecule has 1 fully saturated rings. The SMILES string of the molecule is C/C=C(/F)CC.C=C(CC)CNC.CC.CC(C)N1CCN(C)CC1.CSN(C)c1c(C)c(C=O)c(O)c2ncccc12. The van der Waals surface area contributed by atoms with Crippen LogP contribution in [0.15, 0.2) is 42.4 Å². The van der Waals surface area contributed by atoms with Crippen LogP contribution in [-0.2, 0) is 0 Å². The molecular formula is C34H60FN5O2S. The fourth-order valence-corrected chi connectivity index (χ4v) is 4.40. The lowest BCUT2D eigenvalue weighted by molar-refractivity contribution is 0.112. The van der Waals surface area contributed by atoms with Gasteiger partial charge in [0.25, 0.3) is 0 Å². The number of carbonyl (C=O) groups is 1. The maximum Gasteiger partial charge on any atom is 0.154 e. The second-order valence-electron chi connectivity index (χ2n) is 10.1. The van der Waals surface area contributed by atoms with Crippen LogP contribution in [0.25, 0.3) is 10.9 Å². The summed E-state index contributed by atoms with van der Waals surface area (Å²) < 4.78 is 13.7. The molecule has 0 amide bonds. The number of phenols is 1. The first kappa shape index (κ1) is 42.7. The van der Waals surface area contributed by atoms with Crippen molar-refractivity contribution in [3.05, 3.63) is 53.5 Å². The minimum absolute atomic E-state index is 0.0324. The Balaban J connectivity index is 0. The number of carbonyl (C=O) groups excluding carboxylic acids is 1. The van der Waals surface area contributed by atoms with Crippen molar-refractivity contribution >= 4 is 34.8 Å². The van der Waals surface area contributed by atoms with Gasteiger partial charge in [0, 0.05) is 63.7 Å². The van der Waals surface area contributed by atoms with E-state index in [1.165, 1.54) is 49.8 Å². The molecule has 1 aromatic heterocycles. The molecule has 0 bridgehead atoms. The number of pyridine rings is 1. The summed E-state index contributed by atoms with van der Waals surface area (Å²) >= 11 is 1.54. The molecule has 246 valence electrons. The maximum absolute atomic E-state index is 11.7. The number of aromatic nitrogens is 1. The van der Waals surface area contributed by atoms with Crippen molar-refractivity contribution in [3.8, 4) is 5.75 Å². The van der Waals surface area contributed by atoms with Crippen LogP contribution in [0.1, 0.15) is 77.2 Å². The van der Waals surface area contributed by atoms with Crippen molar-refractivity contribution in [2.45, 2.75) is 74.3 Å². The van der Waals surface area contributed by atoms with Crippen LogP contribution in [0.3, 0.4) is 0 Å². The average Bonchev–Trinajstić information content (AvgIpc) is 3.03. The van der Waals surface area contributed by atoms with Crippen molar-refractivity contribution in [1.29, 1.82) is 0 Å². The van der Waals surface area contributed by atoms with E-state index in [4.69, 9.17) is 0 Å². The Morgan fingerprint density at radius 2 is 1.81 bits per heavy atom. The number of nitrogens with zero attached hydrogens (tertiary/aromatic N) is 4. The summed E-state index contributed by atoms with van der Waals surface area (Å²) in [7, 11) is 6.05. The number of nitrogens with one attached hydrogen (secondary N) is 1. The van der Waals surface area contributed by atoms with E-state index in [-0.39, 0.29) is 11.6 Å². The highest BCUT2D eigenvalue weighted by molar-refractivity contribution is 7.99. The molecule has 0 radical (unpaired) electrons. The van der Waals surface area contributed by atoms with Gasteiger partial charge in [-0.1, -0.05) is 57.9 Å². The van der Waals surface area contributed by atoms with E-state index in [1.54, 1.807) is 20.0 Å². The van der Waals surface area contributed by atoms with Crippen molar-refractivity contribution in [3.63, 3.8) is 0 Å². The quantitative estimate of drug-likeness (QED) is 0.175. The largest absolute Gasteiger partial charge is 0.505 e. The Labute approximate surface area is 266 Å². The molecule has 9 heteroatoms. The number of fused-ring (bicyclic) bond motifs is 1. The molecule has 2 N–H and O–H groups in total. The predicted octanol–water partition coefficient (Wildman–Crippen LogP) is 7.89. The van der Waals surface area contributed by atoms with E-state index in [9.17, 15) is 14.3 Å². The number of likely N-dealkylation sites (N-methyl/N-ethyl adjacent to an activating group) is 2. The number of piperazine rings is 1. The van der Waals surface area contributed by atoms with Gasteiger partial charge in [-0.2, -0.15) is 0 Å². The van der Waals surface area contributed by atoms with Crippen LogP contribution in [-0.4, -0.2) is 92.3 Å². The molecule has 0 saturated carbocycles. The zero-order chi connectivity index (χ0) is 33.5. The molecule has 0 spiro atoms. The first-order chi connectivity index (χ1) is 20.4. The summed E-state index contributed by atoms with van der Waals surface area (Å²) in [5, 5.41) is 14.0. The van der Waals surface area contributed by atoms with Gasteiger partial charge in [0.1, 0.15) is 5.52 Å². The summed E-state index contributed by atoms with van der Waals surface area (Å²) in [6.07, 6.45) is 7.32. The topological polar surface area (TPSA) is 71.9 Å². The van der Waals surface area contributed by atoms with E-state index in [1.807, 2.05) is 57.6 Å². The second-order valence-corrected chi connectivity index (χ2v) is 11.0. The lowest BCUT2D eigenvalue weighted by Gasteiger charge is -2.34. The number of halogens is 1. The lowest BCUT2D eigenvalue weighted by atomic mass is 10.0. The maximum atomic E-state index is 11.7. The molecule has 0 unspecified atom stereocenters. The summed E-state index contributed by atoms with van der Waals surface area (Å²) in [4.78, 5) is 20.2. The fraction of sp³-hybridized carbons (Fsp3) is 0.588. The van der Waals surface area contributed by atoms with Gasteiger partial charge in [0.05, 0.1) is 17.1 Å². The minimum atomic E-state index is -0.0450. The van der Waals surface area contributed by atoms with E-state index < -0.39 is 0 Å². The third-order valence-electron chi connectivity index (χ3n) is 6.85. The molecule has 0 atom stereocenters. The van der Waals surface area contributed by atoms with Crippen molar-refractivity contribution in [2.75, 3.05) is 64.4 Å². The minimum Gasteiger partial charge on any atom is -0.505 e. The number of aromatic hydroxyl groups is 1. The zero-order valence-corrected chi connectivity index (χ0v) is 29.9. The van der Waals surface area contributed by atoms with Crippen LogP contribution in [0.4, 0.5) is 10.1 Å². The average molecular weight is 622 g/mol. The molecule has 1 aliphatic rings.